The number of nitrogens with zero attached hydrogens (tertiary/aromatic N) is 2. The Bertz CT molecular complexity index is 967. The standard InChI is InChI=1S/C24H29N3O4/c1-5-31-16-8-15-27-23(28)21(19-9-6-7-10-20(19)30-4)22(24(27)29)25-17-11-13-18(14-12-17)26(2)3/h6-7,9-14,25H,5,8,15-16H2,1-4H3. The van der Waals surface area contributed by atoms with Gasteiger partial charge in [-0.05, 0) is 43.7 Å². The molecule has 1 heterocycles. The Balaban J connectivity index is 1.97. The summed E-state index contributed by atoms with van der Waals surface area (Å²) in [5, 5.41) is 3.18. The van der Waals surface area contributed by atoms with Gasteiger partial charge in [-0.2, -0.15) is 0 Å². The molecule has 1 N–H and O–H groups in total. The van der Waals surface area contributed by atoms with Gasteiger partial charge in [0, 0.05) is 50.8 Å². The average molecular weight is 424 g/mol. The number of anilines is 2. The summed E-state index contributed by atoms with van der Waals surface area (Å²) in [4.78, 5) is 29.8. The van der Waals surface area contributed by atoms with Crippen molar-refractivity contribution in [3.63, 3.8) is 0 Å². The summed E-state index contributed by atoms with van der Waals surface area (Å²) in [6.45, 7) is 3.30. The molecule has 31 heavy (non-hydrogen) atoms. The van der Waals surface area contributed by atoms with E-state index < -0.39 is 0 Å². The predicted octanol–water partition coefficient (Wildman–Crippen LogP) is 3.38. The van der Waals surface area contributed by atoms with Crippen LogP contribution in [-0.4, -0.2) is 57.7 Å². The first-order valence-electron chi connectivity index (χ1n) is 10.3. The maximum atomic E-state index is 13.3. The second-order valence-corrected chi connectivity index (χ2v) is 7.33. The van der Waals surface area contributed by atoms with E-state index in [2.05, 4.69) is 5.32 Å². The molecule has 0 aliphatic carbocycles. The molecule has 0 bridgehead atoms. The monoisotopic (exact) mass is 423 g/mol. The molecule has 1 aliphatic heterocycles. The maximum absolute atomic E-state index is 13.3. The number of rotatable bonds is 10. The van der Waals surface area contributed by atoms with Gasteiger partial charge in [-0.15, -0.1) is 0 Å². The highest BCUT2D eigenvalue weighted by atomic mass is 16.5. The van der Waals surface area contributed by atoms with Crippen molar-refractivity contribution in [3.05, 3.63) is 59.8 Å². The molecule has 0 unspecified atom stereocenters. The third-order valence-electron chi connectivity index (χ3n) is 5.07. The molecule has 0 fully saturated rings. The van der Waals surface area contributed by atoms with Crippen molar-refractivity contribution < 1.29 is 19.1 Å². The van der Waals surface area contributed by atoms with Gasteiger partial charge >= 0.3 is 0 Å². The molecule has 0 atom stereocenters. The predicted molar refractivity (Wildman–Crippen MR) is 122 cm³/mol. The Labute approximate surface area is 183 Å². The van der Waals surface area contributed by atoms with Crippen LogP contribution in [-0.2, 0) is 14.3 Å². The Hall–Kier alpha value is -3.32. The molecule has 164 valence electrons. The van der Waals surface area contributed by atoms with Crippen LogP contribution in [0.2, 0.25) is 0 Å². The highest BCUT2D eigenvalue weighted by Crippen LogP contribution is 2.35. The molecule has 3 rings (SSSR count). The Morgan fingerprint density at radius 2 is 1.71 bits per heavy atom. The van der Waals surface area contributed by atoms with Crippen LogP contribution in [0.4, 0.5) is 11.4 Å². The van der Waals surface area contributed by atoms with Gasteiger partial charge in [0.2, 0.25) is 0 Å². The van der Waals surface area contributed by atoms with Crippen LogP contribution in [0.5, 0.6) is 5.75 Å². The molecule has 2 aromatic carbocycles. The molecule has 7 nitrogen and oxygen atoms in total. The molecule has 2 aromatic rings. The number of nitrogens with one attached hydrogen (secondary N) is 1. The normalized spacial score (nSPS) is 13.7. The first kappa shape index (κ1) is 22.4. The number of carbonyl (C=O) groups excluding carboxylic acids is 2. The molecule has 0 saturated heterocycles. The molecule has 0 spiro atoms. The van der Waals surface area contributed by atoms with E-state index in [1.807, 2.05) is 62.3 Å². The third-order valence-corrected chi connectivity index (χ3v) is 5.07. The van der Waals surface area contributed by atoms with E-state index in [-0.39, 0.29) is 17.5 Å². The zero-order chi connectivity index (χ0) is 22.4. The second-order valence-electron chi connectivity index (χ2n) is 7.33. The quantitative estimate of drug-likeness (QED) is 0.467. The summed E-state index contributed by atoms with van der Waals surface area (Å²) in [7, 11) is 5.47. The van der Waals surface area contributed by atoms with Gasteiger partial charge in [0.05, 0.1) is 12.7 Å². The molecule has 0 radical (unpaired) electrons. The lowest BCUT2D eigenvalue weighted by molar-refractivity contribution is -0.137. The smallest absolute Gasteiger partial charge is 0.278 e. The third kappa shape index (κ3) is 4.88. The van der Waals surface area contributed by atoms with Gasteiger partial charge in [-0.25, -0.2) is 0 Å². The largest absolute Gasteiger partial charge is 0.496 e. The molecular weight excluding hydrogens is 394 g/mol. The lowest BCUT2D eigenvalue weighted by atomic mass is 10.0. The number of imide groups is 1. The average Bonchev–Trinajstić information content (AvgIpc) is 3.00. The van der Waals surface area contributed by atoms with E-state index in [1.54, 1.807) is 19.2 Å². The van der Waals surface area contributed by atoms with Crippen LogP contribution in [0.1, 0.15) is 18.9 Å². The molecule has 2 amide bonds. The number of benzene rings is 2. The number of carbonyl (C=O) groups is 2. The summed E-state index contributed by atoms with van der Waals surface area (Å²) in [6, 6.07) is 14.9. The van der Waals surface area contributed by atoms with E-state index in [9.17, 15) is 9.59 Å². The van der Waals surface area contributed by atoms with Gasteiger partial charge in [0.15, 0.2) is 0 Å². The number of amides is 2. The Kier molecular flexibility index (Phi) is 7.31. The summed E-state index contributed by atoms with van der Waals surface area (Å²) in [5.41, 5.74) is 2.92. The van der Waals surface area contributed by atoms with Crippen molar-refractivity contribution in [1.29, 1.82) is 0 Å². The maximum Gasteiger partial charge on any atom is 0.278 e. The van der Waals surface area contributed by atoms with Crippen LogP contribution < -0.4 is 15.0 Å². The Morgan fingerprint density at radius 3 is 2.35 bits per heavy atom. The van der Waals surface area contributed by atoms with E-state index >= 15 is 0 Å². The first-order valence-corrected chi connectivity index (χ1v) is 10.3. The van der Waals surface area contributed by atoms with Crippen LogP contribution in [0.25, 0.3) is 5.57 Å². The van der Waals surface area contributed by atoms with Crippen molar-refractivity contribution >= 4 is 28.8 Å². The number of para-hydroxylation sites is 1. The van der Waals surface area contributed by atoms with Crippen molar-refractivity contribution in [3.8, 4) is 5.75 Å². The van der Waals surface area contributed by atoms with E-state index in [0.717, 1.165) is 11.4 Å². The SMILES string of the molecule is CCOCCCN1C(=O)C(Nc2ccc(N(C)C)cc2)=C(c2ccccc2OC)C1=O. The minimum absolute atomic E-state index is 0.253. The van der Waals surface area contributed by atoms with Gasteiger partial charge in [-0.1, -0.05) is 18.2 Å². The van der Waals surface area contributed by atoms with Crippen LogP contribution >= 0.6 is 0 Å². The molecule has 1 aliphatic rings. The molecular formula is C24H29N3O4. The number of hydrogen-bond donors (Lipinski definition) is 1. The minimum Gasteiger partial charge on any atom is -0.496 e. The van der Waals surface area contributed by atoms with Crippen molar-refractivity contribution in [1.82, 2.24) is 4.90 Å². The summed E-state index contributed by atoms with van der Waals surface area (Å²) < 4.78 is 10.8. The zero-order valence-electron chi connectivity index (χ0n) is 18.5. The molecule has 0 saturated carbocycles. The Morgan fingerprint density at radius 1 is 1.00 bits per heavy atom. The van der Waals surface area contributed by atoms with Gasteiger partial charge in [-0.3, -0.25) is 14.5 Å². The minimum atomic E-state index is -0.348. The fourth-order valence-electron chi connectivity index (χ4n) is 3.45. The number of ether oxygens (including phenoxy) is 2. The first-order chi connectivity index (χ1) is 15.0. The lowest BCUT2D eigenvalue weighted by Crippen LogP contribution is -2.34. The van der Waals surface area contributed by atoms with Crippen LogP contribution in [0.3, 0.4) is 0 Å². The molecule has 0 aromatic heterocycles. The van der Waals surface area contributed by atoms with E-state index in [4.69, 9.17) is 9.47 Å². The highest BCUT2D eigenvalue weighted by Gasteiger charge is 2.39. The fourth-order valence-corrected chi connectivity index (χ4v) is 3.45. The topological polar surface area (TPSA) is 71.1 Å². The second kappa shape index (κ2) is 10.1. The van der Waals surface area contributed by atoms with Crippen molar-refractivity contribution in [2.45, 2.75) is 13.3 Å². The van der Waals surface area contributed by atoms with Crippen molar-refractivity contribution in [2.75, 3.05) is 51.2 Å². The summed E-state index contributed by atoms with van der Waals surface area (Å²) in [6.07, 6.45) is 0.579. The van der Waals surface area contributed by atoms with E-state index in [1.165, 1.54) is 4.90 Å². The fraction of sp³-hybridized carbons (Fsp3) is 0.333. The lowest BCUT2D eigenvalue weighted by Gasteiger charge is -2.16. The zero-order valence-corrected chi connectivity index (χ0v) is 18.5. The summed E-state index contributed by atoms with van der Waals surface area (Å²) in [5.74, 6) is -0.144. The highest BCUT2D eigenvalue weighted by molar-refractivity contribution is 6.37. The number of methoxy groups -OCH3 is 1. The van der Waals surface area contributed by atoms with Crippen LogP contribution in [0.15, 0.2) is 54.2 Å². The van der Waals surface area contributed by atoms with Gasteiger partial charge in [0.1, 0.15) is 11.4 Å². The van der Waals surface area contributed by atoms with Crippen LogP contribution in [0, 0.1) is 0 Å². The number of hydrogen-bond acceptors (Lipinski definition) is 6. The molecule has 7 heteroatoms. The summed E-state index contributed by atoms with van der Waals surface area (Å²) >= 11 is 0. The van der Waals surface area contributed by atoms with E-state index in [0.29, 0.717) is 43.1 Å². The van der Waals surface area contributed by atoms with Crippen molar-refractivity contribution in [2.24, 2.45) is 0 Å². The van der Waals surface area contributed by atoms with Gasteiger partial charge in [0.25, 0.3) is 11.8 Å². The van der Waals surface area contributed by atoms with Gasteiger partial charge < -0.3 is 19.7 Å².